The third kappa shape index (κ3) is 1.83. The van der Waals surface area contributed by atoms with Crippen LogP contribution in [0.15, 0.2) is 33.9 Å². The van der Waals surface area contributed by atoms with Gasteiger partial charge in [-0.15, -0.1) is 0 Å². The van der Waals surface area contributed by atoms with Crippen LogP contribution in [0.4, 0.5) is 0 Å². The van der Waals surface area contributed by atoms with Gasteiger partial charge in [-0.3, -0.25) is 22.9 Å². The van der Waals surface area contributed by atoms with E-state index in [-0.39, 0.29) is 11.2 Å². The zero-order valence-electron chi connectivity index (χ0n) is 14.9. The molecule has 0 unspecified atom stereocenters. The second kappa shape index (κ2) is 4.95. The first kappa shape index (κ1) is 15.4. The Balaban J connectivity index is 2.30. The Morgan fingerprint density at radius 1 is 0.920 bits per heavy atom. The molecule has 0 saturated heterocycles. The number of fused-ring (bicyclic) bond motifs is 3. The molecule has 0 fully saturated rings. The highest BCUT2D eigenvalue weighted by Crippen LogP contribution is 2.25. The van der Waals surface area contributed by atoms with E-state index in [1.807, 2.05) is 54.0 Å². The van der Waals surface area contributed by atoms with Gasteiger partial charge >= 0.3 is 5.69 Å². The van der Waals surface area contributed by atoms with Crippen LogP contribution in [-0.2, 0) is 14.1 Å². The lowest BCUT2D eigenvalue weighted by molar-refractivity contribution is 0.707. The molecule has 0 saturated carbocycles. The number of aryl methyl sites for hydroxylation is 3. The molecule has 4 aromatic rings. The van der Waals surface area contributed by atoms with Gasteiger partial charge in [-0.2, -0.15) is 4.98 Å². The summed E-state index contributed by atoms with van der Waals surface area (Å²) in [5.74, 6) is 0.637. The van der Waals surface area contributed by atoms with Crippen molar-refractivity contribution in [2.45, 2.75) is 20.8 Å². The number of nitrogens with zero attached hydrogens (tertiary/aromatic N) is 5. The average Bonchev–Trinajstić information content (AvgIpc) is 3.09. The number of rotatable bonds is 1. The third-order valence-electron chi connectivity index (χ3n) is 4.99. The van der Waals surface area contributed by atoms with Crippen LogP contribution in [0.5, 0.6) is 0 Å². The predicted molar refractivity (Wildman–Crippen MR) is 96.7 cm³/mol. The van der Waals surface area contributed by atoms with Crippen molar-refractivity contribution >= 4 is 16.9 Å². The van der Waals surface area contributed by atoms with E-state index in [1.165, 1.54) is 11.6 Å². The van der Waals surface area contributed by atoms with Crippen molar-refractivity contribution < 1.29 is 0 Å². The third-order valence-corrected chi connectivity index (χ3v) is 4.99. The maximum Gasteiger partial charge on any atom is 0.332 e. The molecule has 4 rings (SSSR count). The molecule has 128 valence electrons. The Bertz CT molecular complexity index is 1280. The van der Waals surface area contributed by atoms with Crippen LogP contribution in [-0.4, -0.2) is 23.1 Å². The lowest BCUT2D eigenvalue weighted by Crippen LogP contribution is -2.37. The molecule has 0 amide bonds. The summed E-state index contributed by atoms with van der Waals surface area (Å²) in [6.45, 7) is 6.01. The summed E-state index contributed by atoms with van der Waals surface area (Å²) in [5, 5.41) is 0. The average molecular weight is 337 g/mol. The monoisotopic (exact) mass is 337 g/mol. The molecule has 7 nitrogen and oxygen atoms in total. The second-order valence-corrected chi connectivity index (χ2v) is 6.42. The number of imidazole rings is 2. The van der Waals surface area contributed by atoms with Crippen molar-refractivity contribution in [2.75, 3.05) is 0 Å². The quantitative estimate of drug-likeness (QED) is 0.530. The van der Waals surface area contributed by atoms with E-state index in [1.54, 1.807) is 7.05 Å². The number of benzene rings is 1. The highest BCUT2D eigenvalue weighted by atomic mass is 16.2. The van der Waals surface area contributed by atoms with Crippen LogP contribution in [0.2, 0.25) is 0 Å². The summed E-state index contributed by atoms with van der Waals surface area (Å²) < 4.78 is 6.42. The largest absolute Gasteiger partial charge is 0.332 e. The molecule has 3 heterocycles. The lowest BCUT2D eigenvalue weighted by atomic mass is 10.2. The molecular weight excluding hydrogens is 318 g/mol. The van der Waals surface area contributed by atoms with Crippen LogP contribution in [0.1, 0.15) is 17.0 Å². The van der Waals surface area contributed by atoms with E-state index in [0.29, 0.717) is 16.9 Å². The summed E-state index contributed by atoms with van der Waals surface area (Å²) >= 11 is 0. The van der Waals surface area contributed by atoms with Crippen LogP contribution >= 0.6 is 0 Å². The zero-order valence-corrected chi connectivity index (χ0v) is 14.9. The van der Waals surface area contributed by atoms with Gasteiger partial charge < -0.3 is 0 Å². The molecule has 0 radical (unpaired) electrons. The lowest BCUT2D eigenvalue weighted by Gasteiger charge is -2.09. The number of para-hydroxylation sites is 1. The summed E-state index contributed by atoms with van der Waals surface area (Å²) in [4.78, 5) is 29.6. The van der Waals surface area contributed by atoms with Gasteiger partial charge in [-0.1, -0.05) is 18.2 Å². The molecule has 0 aliphatic rings. The maximum absolute atomic E-state index is 12.7. The normalized spacial score (nSPS) is 11.7. The van der Waals surface area contributed by atoms with Crippen molar-refractivity contribution in [2.24, 2.45) is 14.1 Å². The van der Waals surface area contributed by atoms with Gasteiger partial charge in [0.25, 0.3) is 5.56 Å². The SMILES string of the molecule is Cc1ccccc1-n1c(C)c(C)n2c3c(=O)n(C)c(=O)n(C)c3nc12. The minimum atomic E-state index is -0.380. The molecule has 0 bridgehead atoms. The van der Waals surface area contributed by atoms with E-state index in [2.05, 4.69) is 4.98 Å². The first-order valence-electron chi connectivity index (χ1n) is 8.06. The number of aromatic nitrogens is 5. The fraction of sp³-hybridized carbons (Fsp3) is 0.278. The summed E-state index contributed by atoms with van der Waals surface area (Å²) in [5.41, 5.74) is 4.16. The second-order valence-electron chi connectivity index (χ2n) is 6.42. The van der Waals surface area contributed by atoms with Gasteiger partial charge in [0.05, 0.1) is 5.69 Å². The van der Waals surface area contributed by atoms with E-state index >= 15 is 0 Å². The summed E-state index contributed by atoms with van der Waals surface area (Å²) in [6, 6.07) is 8.03. The molecule has 1 aromatic carbocycles. The van der Waals surface area contributed by atoms with E-state index in [9.17, 15) is 9.59 Å². The van der Waals surface area contributed by atoms with Crippen molar-refractivity contribution in [1.29, 1.82) is 0 Å². The van der Waals surface area contributed by atoms with Crippen molar-refractivity contribution in [3.8, 4) is 5.69 Å². The fourth-order valence-corrected chi connectivity index (χ4v) is 3.43. The minimum Gasteiger partial charge on any atom is -0.282 e. The molecule has 25 heavy (non-hydrogen) atoms. The van der Waals surface area contributed by atoms with Crippen LogP contribution in [0.3, 0.4) is 0 Å². The standard InChI is InChI=1S/C18H19N5O2/c1-10-8-6-7-9-13(10)22-11(2)12(3)23-14-15(19-17(22)23)20(4)18(25)21(5)16(14)24/h6-9H,1-5H3. The Morgan fingerprint density at radius 2 is 1.60 bits per heavy atom. The Morgan fingerprint density at radius 3 is 2.28 bits per heavy atom. The number of hydrogen-bond donors (Lipinski definition) is 0. The van der Waals surface area contributed by atoms with Crippen LogP contribution in [0.25, 0.3) is 22.6 Å². The molecule has 7 heteroatoms. The Hall–Kier alpha value is -3.09. The van der Waals surface area contributed by atoms with Gasteiger partial charge in [0.1, 0.15) is 0 Å². The highest BCUT2D eigenvalue weighted by Gasteiger charge is 2.22. The first-order chi connectivity index (χ1) is 11.8. The zero-order chi connectivity index (χ0) is 18.0. The van der Waals surface area contributed by atoms with Gasteiger partial charge in [-0.05, 0) is 32.4 Å². The summed E-state index contributed by atoms with van der Waals surface area (Å²) in [6.07, 6.45) is 0. The number of hydrogen-bond acceptors (Lipinski definition) is 3. The fourth-order valence-electron chi connectivity index (χ4n) is 3.43. The van der Waals surface area contributed by atoms with Gasteiger partial charge in [0.15, 0.2) is 11.2 Å². The van der Waals surface area contributed by atoms with Crippen molar-refractivity contribution in [1.82, 2.24) is 23.1 Å². The Labute approximate surface area is 143 Å². The van der Waals surface area contributed by atoms with E-state index < -0.39 is 0 Å². The smallest absolute Gasteiger partial charge is 0.282 e. The van der Waals surface area contributed by atoms with Gasteiger partial charge in [-0.25, -0.2) is 4.79 Å². The van der Waals surface area contributed by atoms with E-state index in [0.717, 1.165) is 27.2 Å². The topological polar surface area (TPSA) is 66.2 Å². The van der Waals surface area contributed by atoms with Gasteiger partial charge in [0.2, 0.25) is 5.78 Å². The van der Waals surface area contributed by atoms with Crippen LogP contribution < -0.4 is 11.2 Å². The molecule has 3 aromatic heterocycles. The highest BCUT2D eigenvalue weighted by molar-refractivity contribution is 5.77. The molecule has 0 aliphatic carbocycles. The Kier molecular flexibility index (Phi) is 3.06. The molecular formula is C18H19N5O2. The first-order valence-corrected chi connectivity index (χ1v) is 8.06. The van der Waals surface area contributed by atoms with Gasteiger partial charge in [0, 0.05) is 25.5 Å². The van der Waals surface area contributed by atoms with Crippen molar-refractivity contribution in [3.63, 3.8) is 0 Å². The predicted octanol–water partition coefficient (Wildman–Crippen LogP) is 1.60. The molecule has 0 spiro atoms. The molecule has 0 N–H and O–H groups in total. The van der Waals surface area contributed by atoms with Crippen molar-refractivity contribution in [3.05, 3.63) is 62.1 Å². The minimum absolute atomic E-state index is 0.337. The summed E-state index contributed by atoms with van der Waals surface area (Å²) in [7, 11) is 3.13. The molecule has 0 atom stereocenters. The van der Waals surface area contributed by atoms with Crippen LogP contribution in [0, 0.1) is 20.8 Å². The van der Waals surface area contributed by atoms with E-state index in [4.69, 9.17) is 0 Å². The maximum atomic E-state index is 12.7. The molecule has 0 aliphatic heterocycles.